The molecular formula is C29H30BrN7O2. The molecule has 3 atom stereocenters. The summed E-state index contributed by atoms with van der Waals surface area (Å²) in [7, 11) is 0. The van der Waals surface area contributed by atoms with E-state index in [1.54, 1.807) is 17.0 Å². The molecule has 0 unspecified atom stereocenters. The van der Waals surface area contributed by atoms with Crippen LogP contribution in [0.2, 0.25) is 0 Å². The van der Waals surface area contributed by atoms with Crippen molar-refractivity contribution in [1.29, 1.82) is 0 Å². The molecule has 39 heavy (non-hydrogen) atoms. The Morgan fingerprint density at radius 1 is 1.15 bits per heavy atom. The zero-order valence-electron chi connectivity index (χ0n) is 21.7. The van der Waals surface area contributed by atoms with E-state index in [2.05, 4.69) is 61.3 Å². The van der Waals surface area contributed by atoms with Crippen LogP contribution in [0.1, 0.15) is 56.9 Å². The van der Waals surface area contributed by atoms with E-state index >= 15 is 0 Å². The number of nitrogen functional groups attached to an aromatic ring is 1. The van der Waals surface area contributed by atoms with Crippen LogP contribution in [0.4, 0.5) is 11.6 Å². The topological polar surface area (TPSA) is 119 Å². The smallest absolute Gasteiger partial charge is 0.248 e. The number of nitrogens with zero attached hydrogens (tertiary/aromatic N) is 5. The van der Waals surface area contributed by atoms with Gasteiger partial charge in [-0.05, 0) is 82.8 Å². The summed E-state index contributed by atoms with van der Waals surface area (Å²) < 4.78 is 2.57. The van der Waals surface area contributed by atoms with Crippen LogP contribution in [0.3, 0.4) is 0 Å². The molecule has 2 saturated carbocycles. The van der Waals surface area contributed by atoms with Gasteiger partial charge in [-0.15, -0.1) is 0 Å². The molecule has 4 heterocycles. The number of likely N-dealkylation sites (tertiary alicyclic amines) is 1. The maximum Gasteiger partial charge on any atom is 0.248 e. The highest BCUT2D eigenvalue weighted by molar-refractivity contribution is 9.10. The molecule has 3 aliphatic rings. The third kappa shape index (κ3) is 4.07. The van der Waals surface area contributed by atoms with Gasteiger partial charge in [-0.1, -0.05) is 31.9 Å². The average molecular weight is 589 g/mol. The lowest BCUT2D eigenvalue weighted by Crippen LogP contribution is -2.46. The Kier molecular flexibility index (Phi) is 5.66. The maximum absolute atomic E-state index is 14.0. The predicted molar refractivity (Wildman–Crippen MR) is 153 cm³/mol. The molecule has 2 aliphatic carbocycles. The zero-order valence-corrected chi connectivity index (χ0v) is 23.3. The molecule has 1 saturated heterocycles. The van der Waals surface area contributed by atoms with Crippen LogP contribution in [-0.4, -0.2) is 48.3 Å². The van der Waals surface area contributed by atoms with Gasteiger partial charge >= 0.3 is 0 Å². The number of anilines is 2. The highest BCUT2D eigenvalue weighted by Gasteiger charge is 2.64. The lowest BCUT2D eigenvalue weighted by Gasteiger charge is -2.27. The Hall–Kier alpha value is -3.53. The number of carbonyl (C=O) groups is 2. The van der Waals surface area contributed by atoms with Crippen LogP contribution in [0, 0.1) is 5.41 Å². The number of hydrogen-bond acceptors (Lipinski definition) is 6. The van der Waals surface area contributed by atoms with Crippen molar-refractivity contribution in [3.05, 3.63) is 52.9 Å². The Morgan fingerprint density at radius 3 is 2.77 bits per heavy atom. The van der Waals surface area contributed by atoms with Gasteiger partial charge in [-0.3, -0.25) is 9.59 Å². The summed E-state index contributed by atoms with van der Waals surface area (Å²) >= 11 is 3.35. The van der Waals surface area contributed by atoms with E-state index in [1.807, 2.05) is 10.6 Å². The number of rotatable bonds is 5. The number of benzene rings is 1. The molecule has 3 aromatic heterocycles. The summed E-state index contributed by atoms with van der Waals surface area (Å²) in [6.45, 7) is 2.23. The minimum Gasteiger partial charge on any atom is -0.383 e. The standard InChI is InChI=1S/C29H30BrN7O2/c1-29-12-20(28(39)35-23-8-4-7-22(30)34-23)37(21(29)13-29)24(38)14-36-19-10-9-17(16-5-2-3-6-16)11-18(19)25-26(31)32-15-33-27(25)36/h4,7-11,15-16,20-21H,2-3,5-6,12-14H2,1H3,(H2,31,32,33)(H,34,35,39)/t20-,21+,29-/m0/s1. The van der Waals surface area contributed by atoms with Crippen molar-refractivity contribution < 1.29 is 9.59 Å². The van der Waals surface area contributed by atoms with E-state index in [-0.39, 0.29) is 29.8 Å². The molecule has 10 heteroatoms. The van der Waals surface area contributed by atoms with Gasteiger partial charge in [-0.2, -0.15) is 0 Å². The number of aromatic nitrogens is 4. The molecule has 7 rings (SSSR count). The largest absolute Gasteiger partial charge is 0.383 e. The van der Waals surface area contributed by atoms with Crippen LogP contribution in [0.15, 0.2) is 47.3 Å². The van der Waals surface area contributed by atoms with Crippen molar-refractivity contribution in [3.63, 3.8) is 0 Å². The van der Waals surface area contributed by atoms with Crippen LogP contribution in [0.25, 0.3) is 21.9 Å². The fourth-order valence-corrected chi connectivity index (χ4v) is 7.24. The second-order valence-electron chi connectivity index (χ2n) is 11.5. The number of nitrogens with one attached hydrogen (secondary N) is 1. The van der Waals surface area contributed by atoms with Crippen molar-refractivity contribution in [1.82, 2.24) is 24.4 Å². The molecule has 0 radical (unpaired) electrons. The van der Waals surface area contributed by atoms with Gasteiger partial charge in [0, 0.05) is 11.4 Å². The molecule has 4 aromatic rings. The van der Waals surface area contributed by atoms with E-state index in [4.69, 9.17) is 5.73 Å². The molecule has 3 N–H and O–H groups in total. The fraction of sp³-hybridized carbons (Fsp3) is 0.414. The first-order valence-corrected chi connectivity index (χ1v) is 14.4. The van der Waals surface area contributed by atoms with E-state index in [1.165, 1.54) is 37.6 Å². The normalized spacial score (nSPS) is 24.4. The lowest BCUT2D eigenvalue weighted by molar-refractivity contribution is -0.138. The minimum absolute atomic E-state index is 0.0357. The Bertz CT molecular complexity index is 1650. The van der Waals surface area contributed by atoms with Gasteiger partial charge in [0.2, 0.25) is 11.8 Å². The average Bonchev–Trinajstić information content (AvgIpc) is 3.29. The van der Waals surface area contributed by atoms with Crippen molar-refractivity contribution in [3.8, 4) is 0 Å². The third-order valence-corrected chi connectivity index (χ3v) is 9.45. The molecular weight excluding hydrogens is 558 g/mol. The first kappa shape index (κ1) is 24.5. The fourth-order valence-electron chi connectivity index (χ4n) is 6.89. The lowest BCUT2D eigenvalue weighted by atomic mass is 9.96. The maximum atomic E-state index is 14.0. The summed E-state index contributed by atoms with van der Waals surface area (Å²) in [6, 6.07) is 11.3. The van der Waals surface area contributed by atoms with Crippen LogP contribution >= 0.6 is 15.9 Å². The zero-order chi connectivity index (χ0) is 26.9. The van der Waals surface area contributed by atoms with Crippen molar-refractivity contribution >= 4 is 61.3 Å². The molecule has 200 valence electrons. The SMILES string of the molecule is C[C@@]12C[C@@H](C(=O)Nc3cccc(Br)n3)N(C(=O)Cn3c4ccc(C5CCCC5)cc4c4c(N)ncnc43)[C@@H]1C2. The monoisotopic (exact) mass is 587 g/mol. The van der Waals surface area contributed by atoms with Crippen LogP contribution < -0.4 is 11.1 Å². The summed E-state index contributed by atoms with van der Waals surface area (Å²) in [5, 5.41) is 4.67. The van der Waals surface area contributed by atoms with E-state index in [9.17, 15) is 9.59 Å². The van der Waals surface area contributed by atoms with Gasteiger partial charge in [0.15, 0.2) is 0 Å². The number of hydrogen-bond donors (Lipinski definition) is 2. The summed E-state index contributed by atoms with van der Waals surface area (Å²) in [6.07, 6.45) is 7.90. The van der Waals surface area contributed by atoms with Gasteiger partial charge in [0.1, 0.15) is 40.8 Å². The summed E-state index contributed by atoms with van der Waals surface area (Å²) in [5.74, 6) is 1.11. The van der Waals surface area contributed by atoms with Gasteiger partial charge < -0.3 is 20.5 Å². The first-order valence-electron chi connectivity index (χ1n) is 13.6. The number of amides is 2. The van der Waals surface area contributed by atoms with Crippen molar-refractivity contribution in [2.45, 2.75) is 70.0 Å². The number of pyridine rings is 1. The second-order valence-corrected chi connectivity index (χ2v) is 12.3. The molecule has 3 fully saturated rings. The minimum atomic E-state index is -0.552. The van der Waals surface area contributed by atoms with Gasteiger partial charge in [0.05, 0.1) is 10.9 Å². The highest BCUT2D eigenvalue weighted by atomic mass is 79.9. The molecule has 2 amide bonds. The molecule has 1 aromatic carbocycles. The second kappa shape index (κ2) is 9.01. The first-order chi connectivity index (χ1) is 18.8. The van der Waals surface area contributed by atoms with Crippen LogP contribution in [-0.2, 0) is 16.1 Å². The predicted octanol–water partition coefficient (Wildman–Crippen LogP) is 5.00. The summed E-state index contributed by atoms with van der Waals surface area (Å²) in [5.41, 5.74) is 9.18. The molecule has 0 spiro atoms. The Balaban J connectivity index is 1.23. The molecule has 1 aliphatic heterocycles. The van der Waals surface area contributed by atoms with Crippen molar-refractivity contribution in [2.24, 2.45) is 5.41 Å². The molecule has 0 bridgehead atoms. The van der Waals surface area contributed by atoms with Crippen molar-refractivity contribution in [2.75, 3.05) is 11.1 Å². The Labute approximate surface area is 234 Å². The highest BCUT2D eigenvalue weighted by Crippen LogP contribution is 2.59. The van der Waals surface area contributed by atoms with Crippen LogP contribution in [0.5, 0.6) is 0 Å². The van der Waals surface area contributed by atoms with E-state index < -0.39 is 6.04 Å². The van der Waals surface area contributed by atoms with E-state index in [0.717, 1.165) is 22.7 Å². The number of halogens is 1. The quantitative estimate of drug-likeness (QED) is 0.317. The number of piperidine rings is 1. The number of carbonyl (C=O) groups excluding carboxylic acids is 2. The number of fused-ring (bicyclic) bond motifs is 4. The van der Waals surface area contributed by atoms with E-state index in [0.29, 0.717) is 34.2 Å². The van der Waals surface area contributed by atoms with Gasteiger partial charge in [-0.25, -0.2) is 15.0 Å². The summed E-state index contributed by atoms with van der Waals surface area (Å²) in [4.78, 5) is 42.3. The van der Waals surface area contributed by atoms with Gasteiger partial charge in [0.25, 0.3) is 0 Å². The third-order valence-electron chi connectivity index (χ3n) is 9.01. The molecule has 9 nitrogen and oxygen atoms in total. The number of nitrogens with two attached hydrogens (primary N) is 1. The Morgan fingerprint density at radius 2 is 1.97 bits per heavy atom.